The second-order valence-electron chi connectivity index (χ2n) is 1.38. The number of nitrogen functional groups attached to an aromatic ring is 2. The molecule has 0 fully saturated rings. The SMILES string of the molecule is Nc1cc(N)c(Cl)s1. The highest BCUT2D eigenvalue weighted by molar-refractivity contribution is 7.20. The van der Waals surface area contributed by atoms with Crippen LogP contribution in [0.1, 0.15) is 0 Å². The van der Waals surface area contributed by atoms with Crippen molar-refractivity contribution in [3.63, 3.8) is 0 Å². The van der Waals surface area contributed by atoms with Crippen LogP contribution in [-0.4, -0.2) is 0 Å². The van der Waals surface area contributed by atoms with Crippen molar-refractivity contribution in [3.8, 4) is 0 Å². The van der Waals surface area contributed by atoms with E-state index in [-0.39, 0.29) is 0 Å². The topological polar surface area (TPSA) is 52.0 Å². The molecule has 1 heterocycles. The molecule has 0 radical (unpaired) electrons. The first-order chi connectivity index (χ1) is 3.70. The van der Waals surface area contributed by atoms with Gasteiger partial charge in [-0.1, -0.05) is 11.6 Å². The normalized spacial score (nSPS) is 9.62. The van der Waals surface area contributed by atoms with Crippen molar-refractivity contribution >= 4 is 33.6 Å². The van der Waals surface area contributed by atoms with E-state index in [2.05, 4.69) is 0 Å². The molecule has 0 bridgehead atoms. The molecule has 1 aromatic heterocycles. The molecule has 0 saturated heterocycles. The Labute approximate surface area is 56.1 Å². The Kier molecular flexibility index (Phi) is 1.31. The summed E-state index contributed by atoms with van der Waals surface area (Å²) in [6, 6.07) is 1.65. The van der Waals surface area contributed by atoms with Gasteiger partial charge in [0, 0.05) is 0 Å². The maximum absolute atomic E-state index is 5.54. The van der Waals surface area contributed by atoms with Gasteiger partial charge in [0.2, 0.25) is 0 Å². The Morgan fingerprint density at radius 2 is 2.12 bits per heavy atom. The van der Waals surface area contributed by atoms with Crippen LogP contribution in [0.4, 0.5) is 10.7 Å². The van der Waals surface area contributed by atoms with Gasteiger partial charge in [-0.25, -0.2) is 0 Å². The van der Waals surface area contributed by atoms with E-state index in [1.165, 1.54) is 11.3 Å². The fourth-order valence-electron chi connectivity index (χ4n) is 0.402. The Morgan fingerprint density at radius 3 is 2.25 bits per heavy atom. The van der Waals surface area contributed by atoms with E-state index in [0.717, 1.165) is 0 Å². The van der Waals surface area contributed by atoms with Crippen LogP contribution in [0.25, 0.3) is 0 Å². The predicted molar refractivity (Wildman–Crippen MR) is 38.2 cm³/mol. The summed E-state index contributed by atoms with van der Waals surface area (Å²) >= 11 is 6.83. The summed E-state index contributed by atoms with van der Waals surface area (Å²) in [5.41, 5.74) is 11.2. The van der Waals surface area contributed by atoms with Gasteiger partial charge in [0.25, 0.3) is 0 Å². The van der Waals surface area contributed by atoms with Crippen LogP contribution in [0, 0.1) is 0 Å². The maximum Gasteiger partial charge on any atom is 0.118 e. The van der Waals surface area contributed by atoms with Gasteiger partial charge < -0.3 is 11.5 Å². The number of anilines is 2. The molecular formula is C4H5ClN2S. The van der Waals surface area contributed by atoms with E-state index in [4.69, 9.17) is 23.1 Å². The lowest BCUT2D eigenvalue weighted by Crippen LogP contribution is -1.79. The second-order valence-corrected chi connectivity index (χ2v) is 3.06. The molecule has 0 aliphatic heterocycles. The molecule has 44 valence electrons. The van der Waals surface area contributed by atoms with E-state index >= 15 is 0 Å². The molecule has 1 rings (SSSR count). The number of halogens is 1. The zero-order valence-electron chi connectivity index (χ0n) is 4.02. The van der Waals surface area contributed by atoms with Crippen LogP contribution < -0.4 is 11.5 Å². The molecule has 0 spiro atoms. The average Bonchev–Trinajstić information content (AvgIpc) is 1.85. The number of hydrogen-bond acceptors (Lipinski definition) is 3. The molecule has 0 unspecified atom stereocenters. The van der Waals surface area contributed by atoms with Crippen molar-refractivity contribution < 1.29 is 0 Å². The Balaban J connectivity index is 3.14. The van der Waals surface area contributed by atoms with Gasteiger partial charge in [0.05, 0.1) is 10.7 Å². The van der Waals surface area contributed by atoms with Gasteiger partial charge in [-0.3, -0.25) is 0 Å². The largest absolute Gasteiger partial charge is 0.397 e. The fraction of sp³-hybridized carbons (Fsp3) is 0. The van der Waals surface area contributed by atoms with E-state index in [0.29, 0.717) is 15.0 Å². The van der Waals surface area contributed by atoms with Gasteiger partial charge in [0.15, 0.2) is 0 Å². The molecule has 0 aliphatic rings. The molecule has 0 saturated carbocycles. The fourth-order valence-corrected chi connectivity index (χ4v) is 1.29. The predicted octanol–water partition coefficient (Wildman–Crippen LogP) is 1.57. The minimum atomic E-state index is 0.564. The molecule has 4 N–H and O–H groups in total. The first kappa shape index (κ1) is 5.72. The highest BCUT2D eigenvalue weighted by atomic mass is 35.5. The minimum absolute atomic E-state index is 0.564. The molecule has 0 amide bonds. The van der Waals surface area contributed by atoms with Crippen LogP contribution in [0.3, 0.4) is 0 Å². The van der Waals surface area contributed by atoms with E-state index in [1.54, 1.807) is 6.07 Å². The summed E-state index contributed by atoms with van der Waals surface area (Å²) in [5.74, 6) is 0. The van der Waals surface area contributed by atoms with Gasteiger partial charge >= 0.3 is 0 Å². The smallest absolute Gasteiger partial charge is 0.118 e. The molecular weight excluding hydrogens is 144 g/mol. The average molecular weight is 149 g/mol. The van der Waals surface area contributed by atoms with Crippen LogP contribution in [0.15, 0.2) is 6.07 Å². The Hall–Kier alpha value is -0.410. The van der Waals surface area contributed by atoms with Crippen molar-refractivity contribution in [1.82, 2.24) is 0 Å². The third-order valence-electron chi connectivity index (χ3n) is 0.732. The van der Waals surface area contributed by atoms with Crippen molar-refractivity contribution in [2.24, 2.45) is 0 Å². The highest BCUT2D eigenvalue weighted by Crippen LogP contribution is 2.30. The molecule has 8 heavy (non-hydrogen) atoms. The van der Waals surface area contributed by atoms with E-state index in [9.17, 15) is 0 Å². The third-order valence-corrected chi connectivity index (χ3v) is 1.95. The van der Waals surface area contributed by atoms with Crippen molar-refractivity contribution in [3.05, 3.63) is 10.4 Å². The van der Waals surface area contributed by atoms with E-state index in [1.807, 2.05) is 0 Å². The quantitative estimate of drug-likeness (QED) is 0.587. The van der Waals surface area contributed by atoms with Crippen molar-refractivity contribution in [1.29, 1.82) is 0 Å². The number of hydrogen-bond donors (Lipinski definition) is 2. The molecule has 0 atom stereocenters. The monoisotopic (exact) mass is 148 g/mol. The summed E-state index contributed by atoms with van der Waals surface area (Å²) in [6.45, 7) is 0. The summed E-state index contributed by atoms with van der Waals surface area (Å²) in [4.78, 5) is 0. The van der Waals surface area contributed by atoms with Crippen molar-refractivity contribution in [2.45, 2.75) is 0 Å². The van der Waals surface area contributed by atoms with Crippen molar-refractivity contribution in [2.75, 3.05) is 11.5 Å². The molecule has 2 nitrogen and oxygen atoms in total. The van der Waals surface area contributed by atoms with Gasteiger partial charge in [-0.2, -0.15) is 0 Å². The lowest BCUT2D eigenvalue weighted by Gasteiger charge is -1.77. The Morgan fingerprint density at radius 1 is 1.50 bits per heavy atom. The number of nitrogens with two attached hydrogens (primary N) is 2. The third kappa shape index (κ3) is 0.877. The van der Waals surface area contributed by atoms with Gasteiger partial charge in [0.1, 0.15) is 4.34 Å². The van der Waals surface area contributed by atoms with Gasteiger partial charge in [-0.15, -0.1) is 11.3 Å². The standard InChI is InChI=1S/C4H5ClN2S/c5-4-2(6)1-3(7)8-4/h1H,6-7H2. The maximum atomic E-state index is 5.54. The summed E-state index contributed by atoms with van der Waals surface area (Å²) in [6.07, 6.45) is 0. The summed E-state index contributed by atoms with van der Waals surface area (Å²) in [5, 5.41) is 0.660. The van der Waals surface area contributed by atoms with Gasteiger partial charge in [-0.05, 0) is 6.07 Å². The van der Waals surface area contributed by atoms with E-state index < -0.39 is 0 Å². The van der Waals surface area contributed by atoms with Crippen LogP contribution >= 0.6 is 22.9 Å². The first-order valence-electron chi connectivity index (χ1n) is 2.00. The van der Waals surface area contributed by atoms with Crippen LogP contribution in [0.5, 0.6) is 0 Å². The first-order valence-corrected chi connectivity index (χ1v) is 3.20. The minimum Gasteiger partial charge on any atom is -0.397 e. The summed E-state index contributed by atoms with van der Waals surface area (Å²) < 4.78 is 0.572. The molecule has 4 heteroatoms. The van der Waals surface area contributed by atoms with Crippen LogP contribution in [-0.2, 0) is 0 Å². The zero-order valence-corrected chi connectivity index (χ0v) is 5.59. The summed E-state index contributed by atoms with van der Waals surface area (Å²) in [7, 11) is 0. The molecule has 0 aromatic carbocycles. The second kappa shape index (κ2) is 1.84. The lowest BCUT2D eigenvalue weighted by atomic mass is 10.5. The van der Waals surface area contributed by atoms with Crippen LogP contribution in [0.2, 0.25) is 4.34 Å². The molecule has 1 aromatic rings. The lowest BCUT2D eigenvalue weighted by molar-refractivity contribution is 1.86. The number of thiophene rings is 1. The Bertz CT molecular complexity index is 176. The highest BCUT2D eigenvalue weighted by Gasteiger charge is 1.97. The molecule has 0 aliphatic carbocycles. The number of rotatable bonds is 0. The zero-order chi connectivity index (χ0) is 6.15.